The van der Waals surface area contributed by atoms with Crippen LogP contribution in [0.25, 0.3) is 0 Å². The van der Waals surface area contributed by atoms with Crippen molar-refractivity contribution in [3.63, 3.8) is 0 Å². The van der Waals surface area contributed by atoms with Gasteiger partial charge in [-0.1, -0.05) is 50.2 Å². The lowest BCUT2D eigenvalue weighted by Gasteiger charge is -2.19. The second-order valence-electron chi connectivity index (χ2n) is 7.29. The zero-order valence-corrected chi connectivity index (χ0v) is 16.3. The number of benzene rings is 2. The van der Waals surface area contributed by atoms with E-state index in [0.717, 1.165) is 37.8 Å². The highest BCUT2D eigenvalue weighted by Crippen LogP contribution is 2.22. The van der Waals surface area contributed by atoms with E-state index in [1.165, 1.54) is 27.8 Å². The highest BCUT2D eigenvalue weighted by atomic mass is 16.1. The summed E-state index contributed by atoms with van der Waals surface area (Å²) in [4.78, 5) is 13.7. The fraction of sp³-hybridized carbons (Fsp3) is 0.435. The molecule has 0 saturated heterocycles. The van der Waals surface area contributed by atoms with E-state index in [9.17, 15) is 4.79 Å². The Balaban J connectivity index is 2.03. The number of carbonyl (C=O) groups is 1. The Kier molecular flexibility index (Phi) is 6.95. The summed E-state index contributed by atoms with van der Waals surface area (Å²) >= 11 is 0. The number of likely N-dealkylation sites (N-methyl/N-ethyl adjacent to an activating group) is 1. The quantitative estimate of drug-likeness (QED) is 0.609. The largest absolute Gasteiger partial charge is 0.302 e. The second kappa shape index (κ2) is 8.96. The lowest BCUT2D eigenvalue weighted by Crippen LogP contribution is -2.21. The maximum absolute atomic E-state index is 11.4. The van der Waals surface area contributed by atoms with Crippen LogP contribution in [-0.4, -0.2) is 24.8 Å². The summed E-state index contributed by atoms with van der Waals surface area (Å²) in [6, 6.07) is 13.0. The first-order valence-electron chi connectivity index (χ1n) is 9.27. The Hall–Kier alpha value is -1.93. The number of aryl methyl sites for hydroxylation is 2. The monoisotopic (exact) mass is 337 g/mol. The van der Waals surface area contributed by atoms with Crippen LogP contribution >= 0.6 is 0 Å². The van der Waals surface area contributed by atoms with Crippen LogP contribution in [0.2, 0.25) is 0 Å². The van der Waals surface area contributed by atoms with E-state index in [4.69, 9.17) is 0 Å². The Morgan fingerprint density at radius 1 is 1.08 bits per heavy atom. The lowest BCUT2D eigenvalue weighted by molar-refractivity contribution is 0.112. The standard InChI is InChI=1S/C23H31NO/c1-6-17(2)21-9-10-23(16-25)22(14-21)11-12-24(5)15-20-8-7-18(3)19(4)13-20/h7-10,13-14,16-17H,6,11-12,15H2,1-5H3. The van der Waals surface area contributed by atoms with Gasteiger partial charge in [0.1, 0.15) is 6.29 Å². The molecule has 0 spiro atoms. The molecule has 1 atom stereocenters. The maximum Gasteiger partial charge on any atom is 0.150 e. The van der Waals surface area contributed by atoms with E-state index in [2.05, 4.69) is 70.0 Å². The first-order chi connectivity index (χ1) is 11.9. The van der Waals surface area contributed by atoms with Gasteiger partial charge in [0, 0.05) is 18.7 Å². The van der Waals surface area contributed by atoms with Crippen molar-refractivity contribution in [3.05, 3.63) is 69.8 Å². The highest BCUT2D eigenvalue weighted by Gasteiger charge is 2.09. The van der Waals surface area contributed by atoms with E-state index in [1.807, 2.05) is 6.07 Å². The molecule has 25 heavy (non-hydrogen) atoms. The zero-order valence-electron chi connectivity index (χ0n) is 16.3. The average Bonchev–Trinajstić information content (AvgIpc) is 2.62. The van der Waals surface area contributed by atoms with Gasteiger partial charge in [-0.05, 0) is 67.5 Å². The molecule has 134 valence electrons. The van der Waals surface area contributed by atoms with Crippen LogP contribution in [0.5, 0.6) is 0 Å². The minimum Gasteiger partial charge on any atom is -0.302 e. The van der Waals surface area contributed by atoms with Crippen molar-refractivity contribution in [2.75, 3.05) is 13.6 Å². The maximum atomic E-state index is 11.4. The van der Waals surface area contributed by atoms with Crippen molar-refractivity contribution in [2.45, 2.75) is 53.0 Å². The molecule has 0 fully saturated rings. The number of rotatable bonds is 8. The molecule has 0 aliphatic rings. The molecule has 1 unspecified atom stereocenters. The van der Waals surface area contributed by atoms with E-state index in [-0.39, 0.29) is 0 Å². The number of carbonyl (C=O) groups excluding carboxylic acids is 1. The van der Waals surface area contributed by atoms with E-state index in [0.29, 0.717) is 5.92 Å². The minimum absolute atomic E-state index is 0.535. The SMILES string of the molecule is CCC(C)c1ccc(C=O)c(CCN(C)Cc2ccc(C)c(C)c2)c1. The zero-order chi connectivity index (χ0) is 18.4. The van der Waals surface area contributed by atoms with Crippen LogP contribution < -0.4 is 0 Å². The van der Waals surface area contributed by atoms with Crippen molar-refractivity contribution in [1.29, 1.82) is 0 Å². The molecule has 0 heterocycles. The number of aldehydes is 1. The van der Waals surface area contributed by atoms with Gasteiger partial charge in [-0.15, -0.1) is 0 Å². The van der Waals surface area contributed by atoms with Gasteiger partial charge in [-0.2, -0.15) is 0 Å². The summed E-state index contributed by atoms with van der Waals surface area (Å²) in [7, 11) is 2.15. The summed E-state index contributed by atoms with van der Waals surface area (Å²) in [6.45, 7) is 10.6. The van der Waals surface area contributed by atoms with Gasteiger partial charge >= 0.3 is 0 Å². The first kappa shape index (κ1) is 19.4. The van der Waals surface area contributed by atoms with Gasteiger partial charge in [0.2, 0.25) is 0 Å². The van der Waals surface area contributed by atoms with Crippen molar-refractivity contribution < 1.29 is 4.79 Å². The van der Waals surface area contributed by atoms with Crippen LogP contribution in [0.1, 0.15) is 64.4 Å². The molecule has 2 aromatic rings. The third-order valence-electron chi connectivity index (χ3n) is 5.26. The van der Waals surface area contributed by atoms with Crippen molar-refractivity contribution in [1.82, 2.24) is 4.90 Å². The fourth-order valence-electron chi connectivity index (χ4n) is 3.10. The summed E-state index contributed by atoms with van der Waals surface area (Å²) in [5.41, 5.74) is 7.35. The molecule has 0 bridgehead atoms. The van der Waals surface area contributed by atoms with Gasteiger partial charge in [0.25, 0.3) is 0 Å². The van der Waals surface area contributed by atoms with E-state index in [1.54, 1.807) is 0 Å². The second-order valence-corrected chi connectivity index (χ2v) is 7.29. The smallest absolute Gasteiger partial charge is 0.150 e. The summed E-state index contributed by atoms with van der Waals surface area (Å²) in [5, 5.41) is 0. The van der Waals surface area contributed by atoms with E-state index < -0.39 is 0 Å². The van der Waals surface area contributed by atoms with Crippen LogP contribution in [0.4, 0.5) is 0 Å². The minimum atomic E-state index is 0.535. The summed E-state index contributed by atoms with van der Waals surface area (Å²) in [5.74, 6) is 0.535. The number of hydrogen-bond acceptors (Lipinski definition) is 2. The Bertz CT molecular complexity index is 720. The molecular weight excluding hydrogens is 306 g/mol. The molecule has 0 aromatic heterocycles. The van der Waals surface area contributed by atoms with Crippen molar-refractivity contribution in [3.8, 4) is 0 Å². The van der Waals surface area contributed by atoms with Gasteiger partial charge in [0.05, 0.1) is 0 Å². The summed E-state index contributed by atoms with van der Waals surface area (Å²) in [6.07, 6.45) is 3.01. The molecule has 2 aromatic carbocycles. The van der Waals surface area contributed by atoms with Gasteiger partial charge in [-0.25, -0.2) is 0 Å². The fourth-order valence-corrected chi connectivity index (χ4v) is 3.10. The first-order valence-corrected chi connectivity index (χ1v) is 9.27. The van der Waals surface area contributed by atoms with Gasteiger partial charge in [-0.3, -0.25) is 4.79 Å². The van der Waals surface area contributed by atoms with Gasteiger partial charge in [0.15, 0.2) is 0 Å². The molecule has 0 N–H and O–H groups in total. The molecule has 0 aliphatic carbocycles. The molecule has 0 radical (unpaired) electrons. The van der Waals surface area contributed by atoms with Gasteiger partial charge < -0.3 is 4.90 Å². The molecule has 2 heteroatoms. The summed E-state index contributed by atoms with van der Waals surface area (Å²) < 4.78 is 0. The Labute approximate surface area is 152 Å². The van der Waals surface area contributed by atoms with Crippen LogP contribution in [0, 0.1) is 13.8 Å². The molecule has 0 amide bonds. The topological polar surface area (TPSA) is 20.3 Å². The van der Waals surface area contributed by atoms with Crippen LogP contribution in [-0.2, 0) is 13.0 Å². The third-order valence-corrected chi connectivity index (χ3v) is 5.26. The van der Waals surface area contributed by atoms with Crippen molar-refractivity contribution >= 4 is 6.29 Å². The average molecular weight is 338 g/mol. The number of nitrogens with zero attached hydrogens (tertiary/aromatic N) is 1. The predicted octanol–water partition coefficient (Wildman–Crippen LogP) is 5.30. The number of hydrogen-bond donors (Lipinski definition) is 0. The molecule has 0 saturated carbocycles. The normalized spacial score (nSPS) is 12.4. The van der Waals surface area contributed by atoms with E-state index >= 15 is 0 Å². The third kappa shape index (κ3) is 5.27. The molecule has 0 aliphatic heterocycles. The Morgan fingerprint density at radius 3 is 2.48 bits per heavy atom. The Morgan fingerprint density at radius 2 is 1.84 bits per heavy atom. The lowest BCUT2D eigenvalue weighted by atomic mass is 9.93. The molecule has 2 nitrogen and oxygen atoms in total. The van der Waals surface area contributed by atoms with Crippen LogP contribution in [0.15, 0.2) is 36.4 Å². The van der Waals surface area contributed by atoms with Crippen molar-refractivity contribution in [2.24, 2.45) is 0 Å². The van der Waals surface area contributed by atoms with Crippen LogP contribution in [0.3, 0.4) is 0 Å². The molecule has 2 rings (SSSR count). The molecular formula is C23H31NO. The highest BCUT2D eigenvalue weighted by molar-refractivity contribution is 5.77. The predicted molar refractivity (Wildman–Crippen MR) is 106 cm³/mol.